The molecule has 0 spiro atoms. The van der Waals surface area contributed by atoms with Crippen molar-refractivity contribution in [2.24, 2.45) is 0 Å². The molecule has 0 aliphatic carbocycles. The van der Waals surface area contributed by atoms with Gasteiger partial charge in [0.2, 0.25) is 0 Å². The largest absolute Gasteiger partial charge is 0.380 e. The molecular formula is C23H27N5O4S. The van der Waals surface area contributed by atoms with Gasteiger partial charge in [0.1, 0.15) is 0 Å². The molecule has 3 heterocycles. The first kappa shape index (κ1) is 23.0. The van der Waals surface area contributed by atoms with Crippen molar-refractivity contribution < 1.29 is 19.8 Å². The minimum absolute atomic E-state index is 0.352. The van der Waals surface area contributed by atoms with Crippen LogP contribution in [0, 0.1) is 0 Å². The zero-order valence-electron chi connectivity index (χ0n) is 18.4. The van der Waals surface area contributed by atoms with Crippen LogP contribution in [0.25, 0.3) is 5.69 Å². The number of benzene rings is 1. The molecule has 0 bridgehead atoms. The first-order chi connectivity index (χ1) is 15.9. The van der Waals surface area contributed by atoms with Gasteiger partial charge in [-0.2, -0.15) is 5.10 Å². The molecule has 1 aliphatic rings. The second-order valence-corrected chi connectivity index (χ2v) is 9.12. The van der Waals surface area contributed by atoms with E-state index >= 15 is 0 Å². The molecule has 4 N–H and O–H groups in total. The van der Waals surface area contributed by atoms with Crippen molar-refractivity contribution in [1.29, 1.82) is 0 Å². The van der Waals surface area contributed by atoms with Gasteiger partial charge >= 0.3 is 0 Å². The molecule has 0 saturated carbocycles. The number of amides is 2. The van der Waals surface area contributed by atoms with E-state index in [0.717, 1.165) is 21.1 Å². The number of carbonyl (C=O) groups excluding carboxylic acids is 2. The highest BCUT2D eigenvalue weighted by molar-refractivity contribution is 7.16. The summed E-state index contributed by atoms with van der Waals surface area (Å²) < 4.78 is 1.72. The fourth-order valence-corrected chi connectivity index (χ4v) is 4.90. The first-order valence-electron chi connectivity index (χ1n) is 10.7. The first-order valence-corrected chi connectivity index (χ1v) is 11.5. The fraction of sp³-hybridized carbons (Fsp3) is 0.348. The molecule has 9 nitrogen and oxygen atoms in total. The molecule has 0 unspecified atom stereocenters. The third kappa shape index (κ3) is 4.92. The number of thiophene rings is 1. The highest BCUT2D eigenvalue weighted by Gasteiger charge is 2.35. The zero-order valence-corrected chi connectivity index (χ0v) is 19.2. The van der Waals surface area contributed by atoms with Crippen molar-refractivity contribution in [2.45, 2.75) is 38.1 Å². The van der Waals surface area contributed by atoms with Crippen LogP contribution in [0.1, 0.15) is 29.0 Å². The summed E-state index contributed by atoms with van der Waals surface area (Å²) in [7, 11) is 1.84. The van der Waals surface area contributed by atoms with Crippen LogP contribution in [-0.4, -0.2) is 62.5 Å². The quantitative estimate of drug-likeness (QED) is 0.416. The SMILES string of the molecule is CNc1cc2c(s1)CN(C(=O)[C@H](O)[C@@H](O)C(=O)N[C@H](C)c1ccc(-n3cccn3)cc1)CC2. The Hall–Kier alpha value is -3.21. The van der Waals surface area contributed by atoms with E-state index in [1.807, 2.05) is 43.6 Å². The lowest BCUT2D eigenvalue weighted by atomic mass is 10.1. The molecule has 0 radical (unpaired) electrons. The summed E-state index contributed by atoms with van der Waals surface area (Å²) in [5, 5.41) is 31.7. The van der Waals surface area contributed by atoms with E-state index in [4.69, 9.17) is 0 Å². The van der Waals surface area contributed by atoms with E-state index in [1.165, 1.54) is 10.5 Å². The zero-order chi connectivity index (χ0) is 23.5. The van der Waals surface area contributed by atoms with Crippen LogP contribution < -0.4 is 10.6 Å². The van der Waals surface area contributed by atoms with Crippen molar-refractivity contribution in [2.75, 3.05) is 18.9 Å². The maximum absolute atomic E-state index is 12.8. The van der Waals surface area contributed by atoms with Crippen molar-refractivity contribution in [3.63, 3.8) is 0 Å². The van der Waals surface area contributed by atoms with Gasteiger partial charge in [-0.3, -0.25) is 9.59 Å². The highest BCUT2D eigenvalue weighted by Crippen LogP contribution is 2.31. The summed E-state index contributed by atoms with van der Waals surface area (Å²) in [6, 6.07) is 10.9. The summed E-state index contributed by atoms with van der Waals surface area (Å²) in [6.07, 6.45) is 0.495. The maximum atomic E-state index is 12.8. The Bertz CT molecular complexity index is 1110. The van der Waals surface area contributed by atoms with Gasteiger partial charge in [0.05, 0.1) is 23.3 Å². The van der Waals surface area contributed by atoms with Gasteiger partial charge in [0.25, 0.3) is 11.8 Å². The molecule has 3 atom stereocenters. The highest BCUT2D eigenvalue weighted by atomic mass is 32.1. The van der Waals surface area contributed by atoms with Gasteiger partial charge in [0, 0.05) is 30.9 Å². The fourth-order valence-electron chi connectivity index (χ4n) is 3.82. The number of hydrogen-bond donors (Lipinski definition) is 4. The maximum Gasteiger partial charge on any atom is 0.255 e. The molecule has 3 aromatic rings. The predicted octanol–water partition coefficient (Wildman–Crippen LogP) is 1.46. The van der Waals surface area contributed by atoms with E-state index in [0.29, 0.717) is 19.5 Å². The minimum Gasteiger partial charge on any atom is -0.380 e. The second-order valence-electron chi connectivity index (χ2n) is 7.98. The van der Waals surface area contributed by atoms with Crippen LogP contribution in [0.4, 0.5) is 5.00 Å². The number of aromatic nitrogens is 2. The monoisotopic (exact) mass is 469 g/mol. The minimum atomic E-state index is -1.86. The third-order valence-corrected chi connectivity index (χ3v) is 6.96. The number of nitrogens with zero attached hydrogens (tertiary/aromatic N) is 3. The number of carbonyl (C=O) groups is 2. The summed E-state index contributed by atoms with van der Waals surface area (Å²) in [6.45, 7) is 2.55. The second kappa shape index (κ2) is 9.74. The van der Waals surface area contributed by atoms with E-state index in [9.17, 15) is 19.8 Å². The van der Waals surface area contributed by atoms with E-state index in [1.54, 1.807) is 29.1 Å². The van der Waals surface area contributed by atoms with Gasteiger partial charge in [0.15, 0.2) is 12.2 Å². The number of fused-ring (bicyclic) bond motifs is 1. The summed E-state index contributed by atoms with van der Waals surface area (Å²) >= 11 is 1.56. The Morgan fingerprint density at radius 3 is 2.61 bits per heavy atom. The summed E-state index contributed by atoms with van der Waals surface area (Å²) in [5.74, 6) is -1.45. The van der Waals surface area contributed by atoms with Crippen LogP contribution in [0.5, 0.6) is 0 Å². The van der Waals surface area contributed by atoms with Crippen LogP contribution in [0.3, 0.4) is 0 Å². The lowest BCUT2D eigenvalue weighted by Crippen LogP contribution is -2.51. The third-order valence-electron chi connectivity index (χ3n) is 5.78. The number of hydrogen-bond acceptors (Lipinski definition) is 7. The number of aliphatic hydroxyl groups excluding tert-OH is 2. The van der Waals surface area contributed by atoms with Crippen LogP contribution in [0.2, 0.25) is 0 Å². The lowest BCUT2D eigenvalue weighted by Gasteiger charge is -2.30. The Morgan fingerprint density at radius 1 is 1.18 bits per heavy atom. The smallest absolute Gasteiger partial charge is 0.255 e. The number of anilines is 1. The Kier molecular flexibility index (Phi) is 6.77. The van der Waals surface area contributed by atoms with Crippen molar-refractivity contribution in [3.05, 3.63) is 64.8 Å². The van der Waals surface area contributed by atoms with E-state index in [2.05, 4.69) is 21.8 Å². The number of rotatable bonds is 7. The average Bonchev–Trinajstić information content (AvgIpc) is 3.52. The standard InChI is InChI=1S/C23H27N5O4S/c1-14(15-4-6-17(7-5-15)28-10-3-9-25-28)26-22(31)20(29)21(30)23(32)27-11-8-16-12-19(24-2)33-18(16)13-27/h3-7,9-10,12,14,20-21,24,29-30H,8,11,13H2,1-2H3,(H,26,31)/t14-,20-,21-/m1/s1. The Morgan fingerprint density at radius 2 is 1.94 bits per heavy atom. The molecule has 2 amide bonds. The van der Waals surface area contributed by atoms with Gasteiger partial charge in [-0.05, 0) is 48.7 Å². The number of aliphatic hydroxyl groups is 2. The normalized spacial score (nSPS) is 15.9. The molecule has 33 heavy (non-hydrogen) atoms. The average molecular weight is 470 g/mol. The molecule has 10 heteroatoms. The van der Waals surface area contributed by atoms with Gasteiger partial charge in [-0.25, -0.2) is 4.68 Å². The van der Waals surface area contributed by atoms with Crippen molar-refractivity contribution >= 4 is 28.2 Å². The summed E-state index contributed by atoms with van der Waals surface area (Å²) in [4.78, 5) is 27.8. The molecule has 1 aromatic carbocycles. The van der Waals surface area contributed by atoms with Crippen LogP contribution in [-0.2, 0) is 22.6 Å². The van der Waals surface area contributed by atoms with Gasteiger partial charge < -0.3 is 25.7 Å². The van der Waals surface area contributed by atoms with Crippen molar-refractivity contribution in [1.82, 2.24) is 20.0 Å². The predicted molar refractivity (Wildman–Crippen MR) is 125 cm³/mol. The lowest BCUT2D eigenvalue weighted by molar-refractivity contribution is -0.154. The van der Waals surface area contributed by atoms with Gasteiger partial charge in [-0.15, -0.1) is 11.3 Å². The van der Waals surface area contributed by atoms with E-state index < -0.39 is 30.1 Å². The van der Waals surface area contributed by atoms with Gasteiger partial charge in [-0.1, -0.05) is 12.1 Å². The molecule has 1 aliphatic heterocycles. The van der Waals surface area contributed by atoms with Crippen LogP contribution in [0.15, 0.2) is 48.8 Å². The van der Waals surface area contributed by atoms with Crippen LogP contribution >= 0.6 is 11.3 Å². The van der Waals surface area contributed by atoms with Crippen molar-refractivity contribution in [3.8, 4) is 5.69 Å². The number of nitrogens with one attached hydrogen (secondary N) is 2. The topological polar surface area (TPSA) is 120 Å². The molecule has 4 rings (SSSR count). The molecule has 2 aromatic heterocycles. The molecular weight excluding hydrogens is 442 g/mol. The molecule has 174 valence electrons. The summed E-state index contributed by atoms with van der Waals surface area (Å²) in [5.41, 5.74) is 2.86. The Labute approximate surface area is 195 Å². The Balaban J connectivity index is 1.34. The molecule has 0 fully saturated rings. The van der Waals surface area contributed by atoms with E-state index in [-0.39, 0.29) is 0 Å². The molecule has 0 saturated heterocycles.